The molecule has 3 rings (SSSR count). The first-order valence-corrected chi connectivity index (χ1v) is 7.32. The van der Waals surface area contributed by atoms with E-state index in [0.29, 0.717) is 25.2 Å². The van der Waals surface area contributed by atoms with Gasteiger partial charge in [-0.3, -0.25) is 14.7 Å². The second-order valence-electron chi connectivity index (χ2n) is 5.52. The summed E-state index contributed by atoms with van der Waals surface area (Å²) in [6.07, 6.45) is 4.22. The maximum atomic E-state index is 13.9. The van der Waals surface area contributed by atoms with E-state index in [1.165, 1.54) is 6.07 Å². The van der Waals surface area contributed by atoms with Gasteiger partial charge in [0.15, 0.2) is 0 Å². The van der Waals surface area contributed by atoms with Crippen LogP contribution >= 0.6 is 0 Å². The van der Waals surface area contributed by atoms with Crippen LogP contribution in [0.5, 0.6) is 0 Å². The molecule has 0 radical (unpaired) electrons. The van der Waals surface area contributed by atoms with Crippen molar-refractivity contribution < 1.29 is 9.18 Å². The molecule has 114 valence electrons. The molecule has 0 spiro atoms. The van der Waals surface area contributed by atoms with Gasteiger partial charge in [0.1, 0.15) is 5.82 Å². The summed E-state index contributed by atoms with van der Waals surface area (Å²) in [4.78, 5) is 20.2. The molecule has 1 amide bonds. The molecular weight excluding hydrogens is 281 g/mol. The molecule has 2 heterocycles. The topological polar surface area (TPSA) is 36.4 Å². The van der Waals surface area contributed by atoms with Crippen LogP contribution in [0.3, 0.4) is 0 Å². The number of benzene rings is 1. The van der Waals surface area contributed by atoms with Gasteiger partial charge in [0.05, 0.1) is 11.7 Å². The molecule has 0 saturated carbocycles. The zero-order valence-electron chi connectivity index (χ0n) is 12.4. The molecule has 2 aromatic rings. The number of carbonyl (C=O) groups excluding carboxylic acids is 1. The zero-order chi connectivity index (χ0) is 15.5. The minimum absolute atomic E-state index is 0.0449. The number of likely N-dealkylation sites (N-methyl/N-ethyl adjacent to an activating group) is 1. The first-order chi connectivity index (χ1) is 10.7. The summed E-state index contributed by atoms with van der Waals surface area (Å²) >= 11 is 0. The number of nitrogens with zero attached hydrogens (tertiary/aromatic N) is 3. The Morgan fingerprint density at radius 3 is 2.86 bits per heavy atom. The normalized spacial score (nSPS) is 18.2. The van der Waals surface area contributed by atoms with Crippen molar-refractivity contribution in [2.75, 3.05) is 18.5 Å². The third-order valence-corrected chi connectivity index (χ3v) is 4.01. The van der Waals surface area contributed by atoms with Crippen molar-refractivity contribution in [1.29, 1.82) is 0 Å². The lowest BCUT2D eigenvalue weighted by atomic mass is 10.2. The van der Waals surface area contributed by atoms with E-state index in [4.69, 9.17) is 0 Å². The Morgan fingerprint density at radius 2 is 2.14 bits per heavy atom. The van der Waals surface area contributed by atoms with Crippen LogP contribution in [-0.2, 0) is 11.3 Å². The van der Waals surface area contributed by atoms with Crippen molar-refractivity contribution in [1.82, 2.24) is 9.88 Å². The summed E-state index contributed by atoms with van der Waals surface area (Å²) < 4.78 is 13.9. The van der Waals surface area contributed by atoms with Crippen molar-refractivity contribution in [2.45, 2.75) is 19.0 Å². The Labute approximate surface area is 129 Å². The SMILES string of the molecule is CN(Cc1cccnc1)[C@H]1CCN(c2ccccc2F)C1=O. The van der Waals surface area contributed by atoms with Crippen LogP contribution in [0.15, 0.2) is 48.8 Å². The van der Waals surface area contributed by atoms with E-state index in [2.05, 4.69) is 4.98 Å². The Kier molecular flexibility index (Phi) is 4.15. The van der Waals surface area contributed by atoms with Gasteiger partial charge in [0, 0.05) is 25.5 Å². The third-order valence-electron chi connectivity index (χ3n) is 4.01. The highest BCUT2D eigenvalue weighted by molar-refractivity contribution is 5.99. The van der Waals surface area contributed by atoms with Gasteiger partial charge in [-0.2, -0.15) is 0 Å². The maximum absolute atomic E-state index is 13.9. The lowest BCUT2D eigenvalue weighted by Crippen LogP contribution is -2.39. The van der Waals surface area contributed by atoms with Crippen molar-refractivity contribution in [2.24, 2.45) is 0 Å². The molecule has 1 saturated heterocycles. The summed E-state index contributed by atoms with van der Waals surface area (Å²) in [5, 5.41) is 0. The second kappa shape index (κ2) is 6.23. The molecule has 1 aromatic heterocycles. The predicted molar refractivity (Wildman–Crippen MR) is 82.9 cm³/mol. The van der Waals surface area contributed by atoms with E-state index in [-0.39, 0.29) is 17.8 Å². The number of hydrogen-bond acceptors (Lipinski definition) is 3. The summed E-state index contributed by atoms with van der Waals surface area (Å²) in [5.74, 6) is -0.400. The van der Waals surface area contributed by atoms with Crippen LogP contribution in [0.4, 0.5) is 10.1 Å². The van der Waals surface area contributed by atoms with Crippen LogP contribution in [0, 0.1) is 5.82 Å². The van der Waals surface area contributed by atoms with E-state index < -0.39 is 0 Å². The molecule has 0 bridgehead atoms. The summed E-state index contributed by atoms with van der Waals surface area (Å²) in [5.41, 5.74) is 1.42. The molecule has 1 atom stereocenters. The van der Waals surface area contributed by atoms with Gasteiger partial charge in [-0.25, -0.2) is 4.39 Å². The highest BCUT2D eigenvalue weighted by Gasteiger charge is 2.36. The van der Waals surface area contributed by atoms with Gasteiger partial charge in [-0.05, 0) is 37.2 Å². The number of anilines is 1. The highest BCUT2D eigenvalue weighted by atomic mass is 19.1. The van der Waals surface area contributed by atoms with E-state index >= 15 is 0 Å². The summed E-state index contributed by atoms with van der Waals surface area (Å²) in [6, 6.07) is 10.1. The molecule has 0 N–H and O–H groups in total. The fourth-order valence-corrected chi connectivity index (χ4v) is 2.87. The third kappa shape index (κ3) is 2.85. The second-order valence-corrected chi connectivity index (χ2v) is 5.52. The number of pyridine rings is 1. The van der Waals surface area contributed by atoms with Crippen LogP contribution in [0.2, 0.25) is 0 Å². The summed E-state index contributed by atoms with van der Waals surface area (Å²) in [6.45, 7) is 1.19. The first-order valence-electron chi connectivity index (χ1n) is 7.32. The molecule has 22 heavy (non-hydrogen) atoms. The fraction of sp³-hybridized carbons (Fsp3) is 0.294. The van der Waals surface area contributed by atoms with Crippen molar-refractivity contribution in [3.05, 3.63) is 60.2 Å². The smallest absolute Gasteiger partial charge is 0.244 e. The minimum atomic E-state index is -0.355. The van der Waals surface area contributed by atoms with E-state index in [0.717, 1.165) is 5.56 Å². The van der Waals surface area contributed by atoms with E-state index in [1.807, 2.05) is 24.1 Å². The number of hydrogen-bond donors (Lipinski definition) is 0. The van der Waals surface area contributed by atoms with Crippen molar-refractivity contribution in [3.8, 4) is 0 Å². The van der Waals surface area contributed by atoms with Crippen LogP contribution in [0.1, 0.15) is 12.0 Å². The molecule has 4 nitrogen and oxygen atoms in total. The van der Waals surface area contributed by atoms with Gasteiger partial charge in [-0.15, -0.1) is 0 Å². The number of para-hydroxylation sites is 1. The molecule has 1 aromatic carbocycles. The standard InChI is InChI=1S/C17H18FN3O/c1-20(12-13-5-4-9-19-11-13)16-8-10-21(17(16)22)15-7-3-2-6-14(15)18/h2-7,9,11,16H,8,10,12H2,1H3/t16-/m0/s1. The average molecular weight is 299 g/mol. The minimum Gasteiger partial charge on any atom is -0.308 e. The molecular formula is C17H18FN3O. The first kappa shape index (κ1) is 14.7. The molecule has 0 unspecified atom stereocenters. The number of halogens is 1. The van der Waals surface area contributed by atoms with E-state index in [1.54, 1.807) is 35.5 Å². The van der Waals surface area contributed by atoms with Crippen LogP contribution in [-0.4, -0.2) is 35.4 Å². The maximum Gasteiger partial charge on any atom is 0.244 e. The lowest BCUT2D eigenvalue weighted by molar-refractivity contribution is -0.121. The average Bonchev–Trinajstić information content (AvgIpc) is 2.90. The Bertz CT molecular complexity index is 662. The fourth-order valence-electron chi connectivity index (χ4n) is 2.87. The quantitative estimate of drug-likeness (QED) is 0.870. The van der Waals surface area contributed by atoms with Gasteiger partial charge < -0.3 is 4.90 Å². The summed E-state index contributed by atoms with van der Waals surface area (Å²) in [7, 11) is 1.92. The molecule has 5 heteroatoms. The molecule has 1 aliphatic rings. The van der Waals surface area contributed by atoms with Crippen LogP contribution in [0.25, 0.3) is 0 Å². The lowest BCUT2D eigenvalue weighted by Gasteiger charge is -2.23. The van der Waals surface area contributed by atoms with Gasteiger partial charge in [-0.1, -0.05) is 18.2 Å². The van der Waals surface area contributed by atoms with Crippen molar-refractivity contribution in [3.63, 3.8) is 0 Å². The number of carbonyl (C=O) groups is 1. The zero-order valence-corrected chi connectivity index (χ0v) is 12.4. The Morgan fingerprint density at radius 1 is 1.32 bits per heavy atom. The highest BCUT2D eigenvalue weighted by Crippen LogP contribution is 2.26. The Hall–Kier alpha value is -2.27. The molecule has 1 aliphatic heterocycles. The Balaban J connectivity index is 1.72. The monoisotopic (exact) mass is 299 g/mol. The predicted octanol–water partition coefficient (Wildman–Crippen LogP) is 2.46. The van der Waals surface area contributed by atoms with Crippen LogP contribution < -0.4 is 4.90 Å². The number of rotatable bonds is 4. The largest absolute Gasteiger partial charge is 0.308 e. The number of aromatic nitrogens is 1. The molecule has 0 aliphatic carbocycles. The number of amides is 1. The van der Waals surface area contributed by atoms with Gasteiger partial charge in [0.2, 0.25) is 5.91 Å². The van der Waals surface area contributed by atoms with Gasteiger partial charge >= 0.3 is 0 Å². The molecule has 1 fully saturated rings. The van der Waals surface area contributed by atoms with Gasteiger partial charge in [0.25, 0.3) is 0 Å². The van der Waals surface area contributed by atoms with Crippen molar-refractivity contribution >= 4 is 11.6 Å². The van der Waals surface area contributed by atoms with E-state index in [9.17, 15) is 9.18 Å².